The van der Waals surface area contributed by atoms with Gasteiger partial charge in [-0.1, -0.05) is 0 Å². The van der Waals surface area contributed by atoms with Crippen LogP contribution in [-0.2, 0) is 4.79 Å². The Bertz CT molecular complexity index is 211. The van der Waals surface area contributed by atoms with Crippen LogP contribution >= 0.6 is 0 Å². The molecule has 3 nitrogen and oxygen atoms in total. The quantitative estimate of drug-likeness (QED) is 0.529. The van der Waals surface area contributed by atoms with E-state index in [2.05, 4.69) is 0 Å². The zero-order chi connectivity index (χ0) is 8.20. The smallest absolute Gasteiger partial charge is 0.141 e. The van der Waals surface area contributed by atoms with Crippen LogP contribution in [0.4, 0.5) is 0 Å². The van der Waals surface area contributed by atoms with Crippen LogP contribution < -0.4 is 0 Å². The minimum absolute atomic E-state index is 0.515. The molecule has 0 N–H and O–H groups in total. The van der Waals surface area contributed by atoms with E-state index >= 15 is 0 Å². The SMILES string of the molecule is CC(C#N)C(C)(C#N)C=O. The van der Waals surface area contributed by atoms with Crippen molar-refractivity contribution in [2.75, 3.05) is 0 Å². The maximum absolute atomic E-state index is 10.3. The molecule has 3 heteroatoms. The molecule has 0 saturated carbocycles. The second-order valence-electron chi connectivity index (χ2n) is 2.36. The lowest BCUT2D eigenvalue weighted by Gasteiger charge is -2.14. The van der Waals surface area contributed by atoms with Crippen LogP contribution in [0, 0.1) is 34.0 Å². The van der Waals surface area contributed by atoms with Gasteiger partial charge in [0.25, 0.3) is 0 Å². The maximum atomic E-state index is 10.3. The molecule has 0 fully saturated rings. The Kier molecular flexibility index (Phi) is 2.58. The van der Waals surface area contributed by atoms with Gasteiger partial charge in [-0.05, 0) is 13.8 Å². The summed E-state index contributed by atoms with van der Waals surface area (Å²) in [4.78, 5) is 10.3. The highest BCUT2D eigenvalue weighted by Gasteiger charge is 2.30. The first-order chi connectivity index (χ1) is 4.60. The van der Waals surface area contributed by atoms with Crippen molar-refractivity contribution >= 4 is 6.29 Å². The monoisotopic (exact) mass is 136 g/mol. The molecule has 0 aliphatic rings. The van der Waals surface area contributed by atoms with Crippen molar-refractivity contribution in [1.82, 2.24) is 0 Å². The van der Waals surface area contributed by atoms with Crippen molar-refractivity contribution in [3.8, 4) is 12.1 Å². The van der Waals surface area contributed by atoms with Crippen LogP contribution in [0.3, 0.4) is 0 Å². The average Bonchev–Trinajstić information content (AvgIpc) is 2.01. The number of nitrogens with zero attached hydrogens (tertiary/aromatic N) is 2. The third-order valence-electron chi connectivity index (χ3n) is 1.58. The van der Waals surface area contributed by atoms with Crippen LogP contribution in [0.5, 0.6) is 0 Å². The summed E-state index contributed by atoms with van der Waals surface area (Å²) in [6, 6.07) is 3.64. The highest BCUT2D eigenvalue weighted by atomic mass is 16.1. The Balaban J connectivity index is 4.56. The van der Waals surface area contributed by atoms with E-state index in [1.54, 1.807) is 13.0 Å². The summed E-state index contributed by atoms with van der Waals surface area (Å²) in [6.45, 7) is 3.01. The van der Waals surface area contributed by atoms with Crippen LogP contribution in [-0.4, -0.2) is 6.29 Å². The molecule has 0 bridgehead atoms. The number of nitriles is 2. The summed E-state index contributed by atoms with van der Waals surface area (Å²) in [7, 11) is 0. The van der Waals surface area contributed by atoms with Gasteiger partial charge in [-0.15, -0.1) is 0 Å². The Labute approximate surface area is 59.9 Å². The Hall–Kier alpha value is -1.35. The second-order valence-corrected chi connectivity index (χ2v) is 2.36. The molecular formula is C7H8N2O. The summed E-state index contributed by atoms with van der Waals surface area (Å²) in [5, 5.41) is 16.8. The minimum Gasteiger partial charge on any atom is -0.302 e. The van der Waals surface area contributed by atoms with E-state index in [1.165, 1.54) is 6.92 Å². The maximum Gasteiger partial charge on any atom is 0.141 e. The molecule has 0 amide bonds. The first-order valence-electron chi connectivity index (χ1n) is 2.88. The van der Waals surface area contributed by atoms with Gasteiger partial charge in [0.1, 0.15) is 11.7 Å². The molecule has 0 aromatic heterocycles. The van der Waals surface area contributed by atoms with Crippen molar-refractivity contribution in [1.29, 1.82) is 10.5 Å². The Morgan fingerprint density at radius 1 is 1.60 bits per heavy atom. The van der Waals surface area contributed by atoms with Crippen molar-refractivity contribution in [2.24, 2.45) is 11.3 Å². The van der Waals surface area contributed by atoms with E-state index in [-0.39, 0.29) is 0 Å². The van der Waals surface area contributed by atoms with Crippen molar-refractivity contribution < 1.29 is 4.79 Å². The highest BCUT2D eigenvalue weighted by molar-refractivity contribution is 5.64. The molecule has 2 unspecified atom stereocenters. The fourth-order valence-corrected chi connectivity index (χ4v) is 0.359. The van der Waals surface area contributed by atoms with E-state index in [0.717, 1.165) is 0 Å². The number of rotatable bonds is 2. The van der Waals surface area contributed by atoms with E-state index in [1.807, 2.05) is 6.07 Å². The fraction of sp³-hybridized carbons (Fsp3) is 0.571. The summed E-state index contributed by atoms with van der Waals surface area (Å²) in [5.41, 5.74) is -1.14. The van der Waals surface area contributed by atoms with E-state index in [4.69, 9.17) is 10.5 Å². The van der Waals surface area contributed by atoms with Crippen molar-refractivity contribution in [3.63, 3.8) is 0 Å². The molecule has 0 saturated heterocycles. The summed E-state index contributed by atoms with van der Waals surface area (Å²) >= 11 is 0. The van der Waals surface area contributed by atoms with E-state index in [0.29, 0.717) is 6.29 Å². The molecule has 0 aliphatic heterocycles. The second kappa shape index (κ2) is 2.98. The normalized spacial score (nSPS) is 17.6. The molecule has 0 aromatic rings. The van der Waals surface area contributed by atoms with Gasteiger partial charge >= 0.3 is 0 Å². The molecule has 0 spiro atoms. The minimum atomic E-state index is -1.14. The predicted octanol–water partition coefficient (Wildman–Crippen LogP) is 0.875. The highest BCUT2D eigenvalue weighted by Crippen LogP contribution is 2.22. The standard InChI is InChI=1S/C7H8N2O/c1-6(3-8)7(2,4-9)5-10/h5-6H,1-2H3. The summed E-state index contributed by atoms with van der Waals surface area (Å²) in [6.07, 6.45) is 0.515. The fourth-order valence-electron chi connectivity index (χ4n) is 0.359. The van der Waals surface area contributed by atoms with Gasteiger partial charge in [-0.2, -0.15) is 10.5 Å². The Morgan fingerprint density at radius 2 is 2.10 bits per heavy atom. The number of carbonyl (C=O) groups excluding carboxylic acids is 1. The molecule has 0 aromatic carbocycles. The van der Waals surface area contributed by atoms with Gasteiger partial charge in [-0.25, -0.2) is 0 Å². The third kappa shape index (κ3) is 1.33. The molecule has 0 radical (unpaired) electrons. The summed E-state index contributed by atoms with van der Waals surface area (Å²) < 4.78 is 0. The Morgan fingerprint density at radius 3 is 2.20 bits per heavy atom. The first kappa shape index (κ1) is 8.65. The van der Waals surface area contributed by atoms with Gasteiger partial charge in [-0.3, -0.25) is 0 Å². The molecule has 10 heavy (non-hydrogen) atoms. The van der Waals surface area contributed by atoms with Gasteiger partial charge in [0.05, 0.1) is 18.1 Å². The van der Waals surface area contributed by atoms with Gasteiger partial charge in [0, 0.05) is 0 Å². The number of hydrogen-bond donors (Lipinski definition) is 0. The van der Waals surface area contributed by atoms with Crippen LogP contribution in [0.1, 0.15) is 13.8 Å². The lowest BCUT2D eigenvalue weighted by atomic mass is 9.82. The predicted molar refractivity (Wildman–Crippen MR) is 34.6 cm³/mol. The zero-order valence-corrected chi connectivity index (χ0v) is 5.96. The van der Waals surface area contributed by atoms with Gasteiger partial charge in [0.2, 0.25) is 0 Å². The molecule has 0 aliphatic carbocycles. The van der Waals surface area contributed by atoms with E-state index < -0.39 is 11.3 Å². The van der Waals surface area contributed by atoms with Crippen LogP contribution in [0.25, 0.3) is 0 Å². The molecule has 2 atom stereocenters. The lowest BCUT2D eigenvalue weighted by molar-refractivity contribution is -0.114. The average molecular weight is 136 g/mol. The lowest BCUT2D eigenvalue weighted by Crippen LogP contribution is -2.23. The number of carbonyl (C=O) groups is 1. The molecule has 0 rings (SSSR count). The van der Waals surface area contributed by atoms with Gasteiger partial charge < -0.3 is 4.79 Å². The van der Waals surface area contributed by atoms with Crippen molar-refractivity contribution in [3.05, 3.63) is 0 Å². The number of hydrogen-bond acceptors (Lipinski definition) is 3. The van der Waals surface area contributed by atoms with Crippen LogP contribution in [0.15, 0.2) is 0 Å². The molecule has 52 valence electrons. The zero-order valence-electron chi connectivity index (χ0n) is 5.96. The molecule has 0 heterocycles. The van der Waals surface area contributed by atoms with E-state index in [9.17, 15) is 4.79 Å². The van der Waals surface area contributed by atoms with Crippen LogP contribution in [0.2, 0.25) is 0 Å². The summed E-state index contributed by atoms with van der Waals surface area (Å²) in [5.74, 6) is -0.546. The van der Waals surface area contributed by atoms with Crippen molar-refractivity contribution in [2.45, 2.75) is 13.8 Å². The largest absolute Gasteiger partial charge is 0.302 e. The molecular weight excluding hydrogens is 128 g/mol. The number of aldehydes is 1. The first-order valence-corrected chi connectivity index (χ1v) is 2.88. The third-order valence-corrected chi connectivity index (χ3v) is 1.58. The topological polar surface area (TPSA) is 64.7 Å². The van der Waals surface area contributed by atoms with Gasteiger partial charge in [0.15, 0.2) is 0 Å².